The highest BCUT2D eigenvalue weighted by molar-refractivity contribution is 6.01. The first-order valence-corrected chi connectivity index (χ1v) is 9.99. The molecule has 0 bridgehead atoms. The third kappa shape index (κ3) is 4.18. The number of fused-ring (bicyclic) bond motifs is 1. The Balaban J connectivity index is 1.50. The second kappa shape index (κ2) is 8.11. The largest absolute Gasteiger partial charge is 0.482 e. The normalized spacial score (nSPS) is 16.9. The summed E-state index contributed by atoms with van der Waals surface area (Å²) in [7, 11) is 0. The molecular formula is C22H24N2O5. The van der Waals surface area contributed by atoms with Gasteiger partial charge in [0.2, 0.25) is 0 Å². The van der Waals surface area contributed by atoms with Gasteiger partial charge in [0.15, 0.2) is 18.2 Å². The molecule has 29 heavy (non-hydrogen) atoms. The summed E-state index contributed by atoms with van der Waals surface area (Å²) in [4.78, 5) is 38.1. The number of amides is 2. The minimum Gasteiger partial charge on any atom is -0.482 e. The van der Waals surface area contributed by atoms with Gasteiger partial charge in [-0.05, 0) is 50.1 Å². The molecule has 0 saturated heterocycles. The molecule has 1 N–H and O–H groups in total. The fourth-order valence-corrected chi connectivity index (χ4v) is 3.84. The molecule has 1 aliphatic carbocycles. The van der Waals surface area contributed by atoms with Crippen LogP contribution in [0.15, 0.2) is 34.7 Å². The standard InChI is InChI=1S/C22H24N2O5/c1-14(25)15-7-9-19-18(11-15)24(21(26)13-28-19)12-17-8-10-20(29-17)22(27)23-16-5-3-2-4-6-16/h7-11,16H,2-6,12-13H2,1H3,(H,23,27). The van der Waals surface area contributed by atoms with Gasteiger partial charge in [-0.2, -0.15) is 0 Å². The van der Waals surface area contributed by atoms with Crippen LogP contribution in [0.1, 0.15) is 65.7 Å². The molecule has 7 nitrogen and oxygen atoms in total. The van der Waals surface area contributed by atoms with E-state index in [1.165, 1.54) is 18.2 Å². The summed E-state index contributed by atoms with van der Waals surface area (Å²) in [5, 5.41) is 3.03. The Morgan fingerprint density at radius 2 is 1.93 bits per heavy atom. The van der Waals surface area contributed by atoms with Gasteiger partial charge in [0.25, 0.3) is 11.8 Å². The van der Waals surface area contributed by atoms with Crippen LogP contribution in [-0.4, -0.2) is 30.2 Å². The fourth-order valence-electron chi connectivity index (χ4n) is 3.84. The number of Topliss-reactive ketones (excluding diaryl/α,β-unsaturated/α-hetero) is 1. The first kappa shape index (κ1) is 19.2. The molecule has 2 amide bonds. The van der Waals surface area contributed by atoms with Gasteiger partial charge in [0.1, 0.15) is 11.5 Å². The van der Waals surface area contributed by atoms with Crippen LogP contribution in [0.2, 0.25) is 0 Å². The Hall–Kier alpha value is -3.09. The number of carbonyl (C=O) groups is 3. The number of nitrogens with zero attached hydrogens (tertiary/aromatic N) is 1. The van der Waals surface area contributed by atoms with Crippen molar-refractivity contribution in [2.75, 3.05) is 11.5 Å². The lowest BCUT2D eigenvalue weighted by atomic mass is 9.95. The molecule has 2 aliphatic rings. The molecular weight excluding hydrogens is 372 g/mol. The quantitative estimate of drug-likeness (QED) is 0.782. The third-order valence-electron chi connectivity index (χ3n) is 5.45. The Morgan fingerprint density at radius 3 is 2.69 bits per heavy atom. The smallest absolute Gasteiger partial charge is 0.287 e. The van der Waals surface area contributed by atoms with Crippen LogP contribution in [0.25, 0.3) is 0 Å². The lowest BCUT2D eigenvalue weighted by Crippen LogP contribution is -2.38. The maximum atomic E-state index is 12.5. The molecule has 2 aromatic rings. The van der Waals surface area contributed by atoms with Crippen molar-refractivity contribution >= 4 is 23.3 Å². The zero-order valence-electron chi connectivity index (χ0n) is 16.4. The number of nitrogens with one attached hydrogen (secondary N) is 1. The molecule has 7 heteroatoms. The van der Waals surface area contributed by atoms with E-state index in [1.54, 1.807) is 30.3 Å². The van der Waals surface area contributed by atoms with E-state index in [2.05, 4.69) is 5.32 Å². The number of anilines is 1. The molecule has 0 spiro atoms. The minimum absolute atomic E-state index is 0.0812. The number of rotatable bonds is 5. The number of ether oxygens (including phenoxy) is 1. The highest BCUT2D eigenvalue weighted by Gasteiger charge is 2.28. The Bertz CT molecular complexity index is 942. The van der Waals surface area contributed by atoms with Crippen LogP contribution in [0, 0.1) is 0 Å². The topological polar surface area (TPSA) is 88.9 Å². The first-order valence-electron chi connectivity index (χ1n) is 9.99. The van der Waals surface area contributed by atoms with E-state index in [0.717, 1.165) is 25.7 Å². The van der Waals surface area contributed by atoms with Gasteiger partial charge in [-0.3, -0.25) is 19.3 Å². The number of ketones is 1. The Labute approximate surface area is 169 Å². The van der Waals surface area contributed by atoms with Gasteiger partial charge in [-0.15, -0.1) is 0 Å². The predicted molar refractivity (Wildman–Crippen MR) is 106 cm³/mol. The fraction of sp³-hybridized carbons (Fsp3) is 0.409. The van der Waals surface area contributed by atoms with Crippen LogP contribution < -0.4 is 15.0 Å². The molecule has 1 aliphatic heterocycles. The van der Waals surface area contributed by atoms with Crippen molar-refractivity contribution in [1.82, 2.24) is 5.32 Å². The summed E-state index contributed by atoms with van der Waals surface area (Å²) in [6.07, 6.45) is 5.48. The monoisotopic (exact) mass is 396 g/mol. The second-order valence-corrected chi connectivity index (χ2v) is 7.58. The van der Waals surface area contributed by atoms with Gasteiger partial charge in [-0.1, -0.05) is 19.3 Å². The molecule has 2 heterocycles. The van der Waals surface area contributed by atoms with Crippen molar-refractivity contribution in [3.63, 3.8) is 0 Å². The van der Waals surface area contributed by atoms with Crippen molar-refractivity contribution in [3.05, 3.63) is 47.4 Å². The summed E-state index contributed by atoms with van der Waals surface area (Å²) in [5.41, 5.74) is 1.03. The highest BCUT2D eigenvalue weighted by Crippen LogP contribution is 2.34. The number of hydrogen-bond donors (Lipinski definition) is 1. The third-order valence-corrected chi connectivity index (χ3v) is 5.45. The van der Waals surface area contributed by atoms with Gasteiger partial charge < -0.3 is 14.5 Å². The van der Waals surface area contributed by atoms with E-state index in [4.69, 9.17) is 9.15 Å². The van der Waals surface area contributed by atoms with Crippen LogP contribution in [-0.2, 0) is 11.3 Å². The number of hydrogen-bond acceptors (Lipinski definition) is 5. The summed E-state index contributed by atoms with van der Waals surface area (Å²) >= 11 is 0. The second-order valence-electron chi connectivity index (χ2n) is 7.58. The molecule has 1 fully saturated rings. The molecule has 0 unspecified atom stereocenters. The average molecular weight is 396 g/mol. The molecule has 4 rings (SSSR count). The lowest BCUT2D eigenvalue weighted by molar-refractivity contribution is -0.121. The molecule has 0 radical (unpaired) electrons. The number of carbonyl (C=O) groups excluding carboxylic acids is 3. The van der Waals surface area contributed by atoms with Crippen LogP contribution in [0.5, 0.6) is 5.75 Å². The van der Waals surface area contributed by atoms with Gasteiger partial charge in [0, 0.05) is 11.6 Å². The van der Waals surface area contributed by atoms with Crippen molar-refractivity contribution < 1.29 is 23.5 Å². The first-order chi connectivity index (χ1) is 14.0. The van der Waals surface area contributed by atoms with Crippen LogP contribution >= 0.6 is 0 Å². The number of furan rings is 1. The zero-order chi connectivity index (χ0) is 20.4. The molecule has 152 valence electrons. The van der Waals surface area contributed by atoms with E-state index in [-0.39, 0.29) is 42.6 Å². The van der Waals surface area contributed by atoms with E-state index in [9.17, 15) is 14.4 Å². The van der Waals surface area contributed by atoms with E-state index >= 15 is 0 Å². The molecule has 1 aromatic carbocycles. The predicted octanol–water partition coefficient (Wildman–Crippen LogP) is 3.47. The van der Waals surface area contributed by atoms with Gasteiger partial charge in [-0.25, -0.2) is 0 Å². The minimum atomic E-state index is -0.234. The SMILES string of the molecule is CC(=O)c1ccc2c(c1)N(Cc1ccc(C(=O)NC3CCCCC3)o1)C(=O)CO2. The zero-order valence-corrected chi connectivity index (χ0v) is 16.4. The van der Waals surface area contributed by atoms with Crippen molar-refractivity contribution in [3.8, 4) is 5.75 Å². The summed E-state index contributed by atoms with van der Waals surface area (Å²) < 4.78 is 11.2. The van der Waals surface area contributed by atoms with E-state index < -0.39 is 0 Å². The Kier molecular flexibility index (Phi) is 5.38. The van der Waals surface area contributed by atoms with E-state index in [1.807, 2.05) is 0 Å². The molecule has 0 atom stereocenters. The van der Waals surface area contributed by atoms with Gasteiger partial charge in [0.05, 0.1) is 12.2 Å². The van der Waals surface area contributed by atoms with Crippen molar-refractivity contribution in [1.29, 1.82) is 0 Å². The summed E-state index contributed by atoms with van der Waals surface area (Å²) in [6.45, 7) is 1.55. The van der Waals surface area contributed by atoms with Gasteiger partial charge >= 0.3 is 0 Å². The van der Waals surface area contributed by atoms with Crippen LogP contribution in [0.3, 0.4) is 0 Å². The maximum Gasteiger partial charge on any atom is 0.287 e. The lowest BCUT2D eigenvalue weighted by Gasteiger charge is -2.29. The number of benzene rings is 1. The van der Waals surface area contributed by atoms with Crippen molar-refractivity contribution in [2.24, 2.45) is 0 Å². The van der Waals surface area contributed by atoms with Crippen molar-refractivity contribution in [2.45, 2.75) is 51.6 Å². The Morgan fingerprint density at radius 1 is 1.14 bits per heavy atom. The molecule has 1 saturated carbocycles. The average Bonchev–Trinajstić information content (AvgIpc) is 3.19. The summed E-state index contributed by atoms with van der Waals surface area (Å²) in [6, 6.07) is 8.54. The maximum absolute atomic E-state index is 12.5. The van der Waals surface area contributed by atoms with E-state index in [0.29, 0.717) is 22.8 Å². The highest BCUT2D eigenvalue weighted by atomic mass is 16.5. The molecule has 1 aromatic heterocycles. The van der Waals surface area contributed by atoms with Crippen LogP contribution in [0.4, 0.5) is 5.69 Å². The summed E-state index contributed by atoms with van der Waals surface area (Å²) in [5.74, 6) is 0.720.